The van der Waals surface area contributed by atoms with E-state index in [4.69, 9.17) is 0 Å². The number of hydrogen-bond acceptors (Lipinski definition) is 2. The van der Waals surface area contributed by atoms with Crippen molar-refractivity contribution in [2.45, 2.75) is 63.8 Å². The van der Waals surface area contributed by atoms with Crippen molar-refractivity contribution in [2.75, 3.05) is 0 Å². The smallest absolute Gasteiger partial charge is 0.132 e. The van der Waals surface area contributed by atoms with E-state index < -0.39 is 5.60 Å². The standard InChI is InChI=1S/C13H23BrO2/c1-9(15)8-13(16)6-5-10(7-11(13)14)12(2,3)4/h10-11,16H,5-8H2,1-4H3/t10-,11-,13-/m0/s1. The predicted molar refractivity (Wildman–Crippen MR) is 69.8 cm³/mol. The number of aliphatic hydroxyl groups is 1. The molecule has 1 aliphatic rings. The van der Waals surface area contributed by atoms with Crippen LogP contribution in [-0.4, -0.2) is 21.3 Å². The van der Waals surface area contributed by atoms with Gasteiger partial charge >= 0.3 is 0 Å². The molecule has 1 rings (SSSR count). The highest BCUT2D eigenvalue weighted by atomic mass is 79.9. The van der Waals surface area contributed by atoms with E-state index in [9.17, 15) is 9.90 Å². The fourth-order valence-electron chi connectivity index (χ4n) is 2.58. The van der Waals surface area contributed by atoms with Crippen molar-refractivity contribution in [3.05, 3.63) is 0 Å². The number of Topliss-reactive ketones (excluding diaryl/α,β-unsaturated/α-hetero) is 1. The summed E-state index contributed by atoms with van der Waals surface area (Å²) in [5, 5.41) is 10.4. The van der Waals surface area contributed by atoms with Crippen molar-refractivity contribution in [1.29, 1.82) is 0 Å². The second kappa shape index (κ2) is 4.77. The van der Waals surface area contributed by atoms with Crippen LogP contribution in [0.5, 0.6) is 0 Å². The number of alkyl halides is 1. The maximum atomic E-state index is 11.2. The van der Waals surface area contributed by atoms with Gasteiger partial charge in [0.1, 0.15) is 5.78 Å². The number of carbonyl (C=O) groups is 1. The van der Waals surface area contributed by atoms with E-state index in [1.54, 1.807) is 6.92 Å². The van der Waals surface area contributed by atoms with E-state index in [0.29, 0.717) is 5.92 Å². The predicted octanol–water partition coefficient (Wildman–Crippen LogP) is 3.31. The summed E-state index contributed by atoms with van der Waals surface area (Å²) in [5.74, 6) is 0.685. The van der Waals surface area contributed by atoms with E-state index >= 15 is 0 Å². The highest BCUT2D eigenvalue weighted by Gasteiger charge is 2.44. The molecule has 2 nitrogen and oxygen atoms in total. The normalized spacial score (nSPS) is 36.1. The van der Waals surface area contributed by atoms with Gasteiger partial charge in [-0.1, -0.05) is 36.7 Å². The van der Waals surface area contributed by atoms with Crippen LogP contribution in [0.4, 0.5) is 0 Å². The Morgan fingerprint density at radius 1 is 1.50 bits per heavy atom. The van der Waals surface area contributed by atoms with Crippen LogP contribution in [0.25, 0.3) is 0 Å². The topological polar surface area (TPSA) is 37.3 Å². The third-order valence-electron chi connectivity index (χ3n) is 3.78. The fraction of sp³-hybridized carbons (Fsp3) is 0.923. The van der Waals surface area contributed by atoms with Crippen LogP contribution in [0.3, 0.4) is 0 Å². The van der Waals surface area contributed by atoms with Gasteiger partial charge in [-0.2, -0.15) is 0 Å². The molecule has 0 aromatic carbocycles. The average Bonchev–Trinajstić information content (AvgIpc) is 2.06. The third kappa shape index (κ3) is 3.30. The van der Waals surface area contributed by atoms with Gasteiger partial charge in [0.2, 0.25) is 0 Å². The first-order chi connectivity index (χ1) is 7.15. The van der Waals surface area contributed by atoms with Crippen LogP contribution >= 0.6 is 15.9 Å². The molecule has 0 aliphatic heterocycles. The summed E-state index contributed by atoms with van der Waals surface area (Å²) in [5.41, 5.74) is -0.544. The second-order valence-corrected chi connectivity index (χ2v) is 7.39. The van der Waals surface area contributed by atoms with Gasteiger partial charge in [0.15, 0.2) is 0 Å². The zero-order valence-corrected chi connectivity index (χ0v) is 12.3. The molecule has 0 saturated heterocycles. The summed E-state index contributed by atoms with van der Waals surface area (Å²) in [6.45, 7) is 8.28. The first-order valence-corrected chi connectivity index (χ1v) is 6.92. The van der Waals surface area contributed by atoms with E-state index in [1.807, 2.05) is 0 Å². The van der Waals surface area contributed by atoms with Crippen molar-refractivity contribution in [2.24, 2.45) is 11.3 Å². The Morgan fingerprint density at radius 3 is 2.44 bits per heavy atom. The summed E-state index contributed by atoms with van der Waals surface area (Å²) in [7, 11) is 0. The molecule has 0 aromatic heterocycles. The van der Waals surface area contributed by atoms with Crippen LogP contribution in [0.2, 0.25) is 0 Å². The van der Waals surface area contributed by atoms with Crippen molar-refractivity contribution in [3.8, 4) is 0 Å². The summed E-state index contributed by atoms with van der Waals surface area (Å²) < 4.78 is 0. The first-order valence-electron chi connectivity index (χ1n) is 6.01. The molecule has 3 heteroatoms. The molecule has 0 heterocycles. The lowest BCUT2D eigenvalue weighted by Crippen LogP contribution is -2.47. The maximum absolute atomic E-state index is 11.2. The molecule has 94 valence electrons. The number of rotatable bonds is 2. The largest absolute Gasteiger partial charge is 0.388 e. The molecular formula is C13H23BrO2. The zero-order chi connectivity index (χ0) is 12.6. The Bertz CT molecular complexity index is 270. The molecule has 0 aromatic rings. The molecule has 0 spiro atoms. The molecule has 3 atom stereocenters. The van der Waals surface area contributed by atoms with Gasteiger partial charge in [-0.25, -0.2) is 0 Å². The van der Waals surface area contributed by atoms with E-state index in [2.05, 4.69) is 36.7 Å². The highest BCUT2D eigenvalue weighted by Crippen LogP contribution is 2.45. The van der Waals surface area contributed by atoms with Gasteiger partial charge in [0.25, 0.3) is 0 Å². The molecule has 0 radical (unpaired) electrons. The molecule has 1 aliphatic carbocycles. The minimum atomic E-state index is -0.826. The van der Waals surface area contributed by atoms with Gasteiger partial charge in [0, 0.05) is 11.2 Å². The van der Waals surface area contributed by atoms with Crippen molar-refractivity contribution < 1.29 is 9.90 Å². The van der Waals surface area contributed by atoms with Crippen LogP contribution in [0, 0.1) is 11.3 Å². The Morgan fingerprint density at radius 2 is 2.06 bits per heavy atom. The Kier molecular flexibility index (Phi) is 4.23. The number of carbonyl (C=O) groups excluding carboxylic acids is 1. The third-order valence-corrected chi connectivity index (χ3v) is 5.01. The van der Waals surface area contributed by atoms with Crippen molar-refractivity contribution in [3.63, 3.8) is 0 Å². The van der Waals surface area contributed by atoms with Crippen LogP contribution < -0.4 is 0 Å². The SMILES string of the molecule is CC(=O)C[C@@]1(O)CC[C@H](C(C)(C)C)C[C@@H]1Br. The van der Waals surface area contributed by atoms with Gasteiger partial charge in [-0.3, -0.25) is 4.79 Å². The molecule has 1 N–H and O–H groups in total. The second-order valence-electron chi connectivity index (χ2n) is 6.29. The monoisotopic (exact) mass is 290 g/mol. The highest BCUT2D eigenvalue weighted by molar-refractivity contribution is 9.09. The fourth-order valence-corrected chi connectivity index (χ4v) is 3.43. The Hall–Kier alpha value is 0.110. The summed E-state index contributed by atoms with van der Waals surface area (Å²) in [6.07, 6.45) is 2.97. The van der Waals surface area contributed by atoms with E-state index in [1.165, 1.54) is 0 Å². The average molecular weight is 291 g/mol. The molecule has 1 fully saturated rings. The summed E-state index contributed by atoms with van der Waals surface area (Å²) in [6, 6.07) is 0. The summed E-state index contributed by atoms with van der Waals surface area (Å²) in [4.78, 5) is 11.2. The molecule has 0 amide bonds. The number of ketones is 1. The molecule has 0 unspecified atom stereocenters. The number of hydrogen-bond donors (Lipinski definition) is 1. The van der Waals surface area contributed by atoms with Gasteiger partial charge in [-0.15, -0.1) is 0 Å². The van der Waals surface area contributed by atoms with E-state index in [0.717, 1.165) is 19.3 Å². The molecule has 16 heavy (non-hydrogen) atoms. The Labute approximate surface area is 107 Å². The lowest BCUT2D eigenvalue weighted by Gasteiger charge is -2.44. The maximum Gasteiger partial charge on any atom is 0.132 e. The lowest BCUT2D eigenvalue weighted by molar-refractivity contribution is -0.123. The van der Waals surface area contributed by atoms with Gasteiger partial charge < -0.3 is 5.11 Å². The molecular weight excluding hydrogens is 268 g/mol. The minimum absolute atomic E-state index is 0.0434. The number of halogens is 1. The van der Waals surface area contributed by atoms with Crippen LogP contribution in [0.1, 0.15) is 53.4 Å². The lowest BCUT2D eigenvalue weighted by atomic mass is 9.67. The van der Waals surface area contributed by atoms with E-state index in [-0.39, 0.29) is 22.4 Å². The van der Waals surface area contributed by atoms with Crippen molar-refractivity contribution in [1.82, 2.24) is 0 Å². The zero-order valence-electron chi connectivity index (χ0n) is 10.7. The van der Waals surface area contributed by atoms with Crippen LogP contribution in [0.15, 0.2) is 0 Å². The van der Waals surface area contributed by atoms with Crippen molar-refractivity contribution >= 4 is 21.7 Å². The molecule has 0 bridgehead atoms. The van der Waals surface area contributed by atoms with Gasteiger partial charge in [0.05, 0.1) is 5.60 Å². The minimum Gasteiger partial charge on any atom is -0.388 e. The molecule has 1 saturated carbocycles. The van der Waals surface area contributed by atoms with Gasteiger partial charge in [-0.05, 0) is 37.5 Å². The summed E-state index contributed by atoms with van der Waals surface area (Å²) >= 11 is 3.57. The quantitative estimate of drug-likeness (QED) is 0.793. The van der Waals surface area contributed by atoms with Crippen LogP contribution in [-0.2, 0) is 4.79 Å². The first kappa shape index (κ1) is 14.2. The Balaban J connectivity index is 2.68.